The second kappa shape index (κ2) is 3.93. The van der Waals surface area contributed by atoms with E-state index in [2.05, 4.69) is 0 Å². The first-order valence-corrected chi connectivity index (χ1v) is 5.14. The second-order valence-electron chi connectivity index (χ2n) is 3.95. The lowest BCUT2D eigenvalue weighted by molar-refractivity contribution is 0.0897. The monoisotopic (exact) mass is 189 g/mol. The summed E-state index contributed by atoms with van der Waals surface area (Å²) in [7, 11) is 0. The average molecular weight is 189 g/mol. The Bertz CT molecular complexity index is 316. The normalized spacial score (nSPS) is 18.6. The Morgan fingerprint density at radius 3 is 2.43 bits per heavy atom. The molecule has 0 radical (unpaired) electrons. The van der Waals surface area contributed by atoms with Gasteiger partial charge in [0.25, 0.3) is 0 Å². The zero-order chi connectivity index (χ0) is 9.97. The van der Waals surface area contributed by atoms with E-state index in [0.29, 0.717) is 5.92 Å². The molecule has 1 unspecified atom stereocenters. The van der Waals surface area contributed by atoms with Gasteiger partial charge < -0.3 is 5.73 Å². The highest BCUT2D eigenvalue weighted by molar-refractivity contribution is 6.00. The van der Waals surface area contributed by atoms with Gasteiger partial charge in [0.2, 0.25) is 0 Å². The lowest BCUT2D eigenvalue weighted by Gasteiger charge is -2.30. The molecule has 2 nitrogen and oxygen atoms in total. The van der Waals surface area contributed by atoms with Gasteiger partial charge in [-0.25, -0.2) is 0 Å². The van der Waals surface area contributed by atoms with E-state index in [-0.39, 0.29) is 11.8 Å². The highest BCUT2D eigenvalue weighted by atomic mass is 16.1. The van der Waals surface area contributed by atoms with Gasteiger partial charge in [0.05, 0.1) is 6.04 Å². The second-order valence-corrected chi connectivity index (χ2v) is 3.95. The third-order valence-corrected chi connectivity index (χ3v) is 3.02. The summed E-state index contributed by atoms with van der Waals surface area (Å²) in [4.78, 5) is 11.9. The molecule has 1 atom stereocenters. The molecule has 0 aromatic heterocycles. The van der Waals surface area contributed by atoms with Crippen molar-refractivity contribution in [2.24, 2.45) is 11.7 Å². The molecule has 0 aliphatic heterocycles. The zero-order valence-electron chi connectivity index (χ0n) is 8.15. The molecule has 2 heteroatoms. The minimum atomic E-state index is -0.286. The van der Waals surface area contributed by atoms with E-state index >= 15 is 0 Å². The maximum Gasteiger partial charge on any atom is 0.179 e. The number of hydrogen-bond acceptors (Lipinski definition) is 2. The minimum Gasteiger partial charge on any atom is -0.321 e. The maximum atomic E-state index is 11.9. The molecule has 1 aromatic carbocycles. The standard InChI is InChI=1S/C12H15NO/c13-11(9-7-4-8-9)12(14)10-5-2-1-3-6-10/h1-3,5-6,9,11H,4,7-8,13H2. The van der Waals surface area contributed by atoms with Crippen molar-refractivity contribution >= 4 is 5.78 Å². The van der Waals surface area contributed by atoms with Crippen molar-refractivity contribution < 1.29 is 4.79 Å². The van der Waals surface area contributed by atoms with E-state index in [9.17, 15) is 4.79 Å². The molecule has 2 N–H and O–H groups in total. The number of carbonyl (C=O) groups is 1. The Morgan fingerprint density at radius 2 is 1.93 bits per heavy atom. The van der Waals surface area contributed by atoms with E-state index in [1.54, 1.807) is 0 Å². The van der Waals surface area contributed by atoms with Crippen LogP contribution in [-0.2, 0) is 0 Å². The lowest BCUT2D eigenvalue weighted by atomic mass is 9.77. The van der Waals surface area contributed by atoms with Crippen LogP contribution in [0.1, 0.15) is 29.6 Å². The van der Waals surface area contributed by atoms with Crippen LogP contribution in [0.25, 0.3) is 0 Å². The predicted octanol–water partition coefficient (Wildman–Crippen LogP) is 2.00. The number of carbonyl (C=O) groups excluding carboxylic acids is 1. The van der Waals surface area contributed by atoms with E-state index in [4.69, 9.17) is 5.73 Å². The molecule has 0 saturated heterocycles. The molecule has 0 spiro atoms. The molecule has 1 saturated carbocycles. The number of nitrogens with two attached hydrogens (primary N) is 1. The van der Waals surface area contributed by atoms with Gasteiger partial charge in [0.1, 0.15) is 0 Å². The van der Waals surface area contributed by atoms with Crippen molar-refractivity contribution in [2.75, 3.05) is 0 Å². The molecule has 1 aromatic rings. The van der Waals surface area contributed by atoms with Crippen LogP contribution in [0.4, 0.5) is 0 Å². The van der Waals surface area contributed by atoms with Crippen molar-refractivity contribution in [2.45, 2.75) is 25.3 Å². The van der Waals surface area contributed by atoms with Crippen LogP contribution in [0, 0.1) is 5.92 Å². The van der Waals surface area contributed by atoms with Gasteiger partial charge in [-0.15, -0.1) is 0 Å². The summed E-state index contributed by atoms with van der Waals surface area (Å²) in [6, 6.07) is 9.04. The van der Waals surface area contributed by atoms with Gasteiger partial charge in [-0.05, 0) is 18.8 Å². The first-order valence-electron chi connectivity index (χ1n) is 5.14. The van der Waals surface area contributed by atoms with Crippen LogP contribution in [0.15, 0.2) is 30.3 Å². The van der Waals surface area contributed by atoms with Crippen LogP contribution >= 0.6 is 0 Å². The number of rotatable bonds is 3. The van der Waals surface area contributed by atoms with Crippen LogP contribution in [0.3, 0.4) is 0 Å². The molecule has 0 amide bonds. The highest BCUT2D eigenvalue weighted by Gasteiger charge is 2.29. The fraction of sp³-hybridized carbons (Fsp3) is 0.417. The van der Waals surface area contributed by atoms with Gasteiger partial charge >= 0.3 is 0 Å². The van der Waals surface area contributed by atoms with Crippen molar-refractivity contribution in [1.29, 1.82) is 0 Å². The number of hydrogen-bond donors (Lipinski definition) is 1. The fourth-order valence-corrected chi connectivity index (χ4v) is 1.81. The number of Topliss-reactive ketones (excluding diaryl/α,β-unsaturated/α-hetero) is 1. The molecular formula is C12H15NO. The fourth-order valence-electron chi connectivity index (χ4n) is 1.81. The van der Waals surface area contributed by atoms with Crippen molar-refractivity contribution in [1.82, 2.24) is 0 Å². The average Bonchev–Trinajstić information content (AvgIpc) is 2.15. The molecule has 0 bridgehead atoms. The summed E-state index contributed by atoms with van der Waals surface area (Å²) >= 11 is 0. The summed E-state index contributed by atoms with van der Waals surface area (Å²) < 4.78 is 0. The Kier molecular flexibility index (Phi) is 2.64. The van der Waals surface area contributed by atoms with Gasteiger partial charge in [0.15, 0.2) is 5.78 Å². The SMILES string of the molecule is NC(C(=O)c1ccccc1)C1CCC1. The Hall–Kier alpha value is -1.15. The molecule has 74 valence electrons. The minimum absolute atomic E-state index is 0.0929. The Labute approximate surface area is 84.1 Å². The molecule has 1 aliphatic carbocycles. The smallest absolute Gasteiger partial charge is 0.179 e. The molecular weight excluding hydrogens is 174 g/mol. The summed E-state index contributed by atoms with van der Waals surface area (Å²) in [6.07, 6.45) is 3.44. The predicted molar refractivity (Wildman–Crippen MR) is 56.1 cm³/mol. The first-order chi connectivity index (χ1) is 6.79. The van der Waals surface area contributed by atoms with Gasteiger partial charge in [-0.3, -0.25) is 4.79 Å². The number of ketones is 1. The van der Waals surface area contributed by atoms with Crippen LogP contribution in [-0.4, -0.2) is 11.8 Å². The Morgan fingerprint density at radius 1 is 1.29 bits per heavy atom. The first kappa shape index (κ1) is 9.41. The summed E-state index contributed by atoms with van der Waals surface area (Å²) in [5, 5.41) is 0. The molecule has 2 rings (SSSR count). The lowest BCUT2D eigenvalue weighted by Crippen LogP contribution is -2.41. The zero-order valence-corrected chi connectivity index (χ0v) is 8.15. The van der Waals surface area contributed by atoms with Crippen molar-refractivity contribution in [3.05, 3.63) is 35.9 Å². The summed E-state index contributed by atoms with van der Waals surface area (Å²) in [5.74, 6) is 0.512. The van der Waals surface area contributed by atoms with Crippen LogP contribution in [0.2, 0.25) is 0 Å². The largest absolute Gasteiger partial charge is 0.321 e. The van der Waals surface area contributed by atoms with Crippen molar-refractivity contribution in [3.8, 4) is 0 Å². The third kappa shape index (κ3) is 1.70. The molecule has 14 heavy (non-hydrogen) atoms. The van der Waals surface area contributed by atoms with Crippen LogP contribution in [0.5, 0.6) is 0 Å². The highest BCUT2D eigenvalue weighted by Crippen LogP contribution is 2.29. The van der Waals surface area contributed by atoms with Gasteiger partial charge in [-0.1, -0.05) is 36.8 Å². The quantitative estimate of drug-likeness (QED) is 0.739. The molecule has 1 fully saturated rings. The van der Waals surface area contributed by atoms with Gasteiger partial charge in [0, 0.05) is 5.56 Å². The van der Waals surface area contributed by atoms with Gasteiger partial charge in [-0.2, -0.15) is 0 Å². The summed E-state index contributed by atoms with van der Waals surface area (Å²) in [5.41, 5.74) is 6.65. The van der Waals surface area contributed by atoms with E-state index < -0.39 is 0 Å². The molecule has 0 heterocycles. The van der Waals surface area contributed by atoms with E-state index in [1.165, 1.54) is 6.42 Å². The number of benzene rings is 1. The van der Waals surface area contributed by atoms with E-state index in [0.717, 1.165) is 18.4 Å². The summed E-state index contributed by atoms with van der Waals surface area (Å²) in [6.45, 7) is 0. The topological polar surface area (TPSA) is 43.1 Å². The molecule has 1 aliphatic rings. The van der Waals surface area contributed by atoms with Crippen LogP contribution < -0.4 is 5.73 Å². The third-order valence-electron chi connectivity index (χ3n) is 3.02. The maximum absolute atomic E-state index is 11.9. The van der Waals surface area contributed by atoms with Crippen molar-refractivity contribution in [3.63, 3.8) is 0 Å². The Balaban J connectivity index is 2.07. The van der Waals surface area contributed by atoms with E-state index in [1.807, 2.05) is 30.3 Å².